The first-order chi connectivity index (χ1) is 20.7. The van der Waals surface area contributed by atoms with E-state index in [1.807, 2.05) is 12.1 Å². The normalized spacial score (nSPS) is 42.7. The fourth-order valence-corrected chi connectivity index (χ4v) is 7.99. The van der Waals surface area contributed by atoms with Crippen LogP contribution in [-0.4, -0.2) is 132 Å². The molecule has 14 heteroatoms. The number of likely N-dealkylation sites (N-methyl/N-ethyl adjacent to an activating group) is 1. The SMILES string of the molecule is COc1ccc2c3c1OC1C(OC(=O)OC[C@H]4O[C@H](O)[C@H](O)[C@H]4OC4O[C@H](CO)[C@H](O)[C@@H]4O)=CCC4[C@@H](C2)N(C)CC[C@]314. The van der Waals surface area contributed by atoms with Crippen molar-refractivity contribution in [2.24, 2.45) is 5.92 Å². The third-order valence-corrected chi connectivity index (χ3v) is 10.1. The highest BCUT2D eigenvalue weighted by atomic mass is 16.8. The number of aliphatic hydroxyl groups is 5. The smallest absolute Gasteiger partial charge is 0.493 e. The monoisotopic (exact) mass is 607 g/mol. The highest BCUT2D eigenvalue weighted by Gasteiger charge is 2.65. The zero-order valence-corrected chi connectivity index (χ0v) is 23.8. The Labute approximate surface area is 247 Å². The van der Waals surface area contributed by atoms with Crippen molar-refractivity contribution in [3.63, 3.8) is 0 Å². The summed E-state index contributed by atoms with van der Waals surface area (Å²) < 4.78 is 39.5. The van der Waals surface area contributed by atoms with Crippen LogP contribution in [-0.2, 0) is 35.5 Å². The average Bonchev–Trinajstić information content (AvgIpc) is 3.59. The van der Waals surface area contributed by atoms with Crippen molar-refractivity contribution in [3.05, 3.63) is 35.1 Å². The van der Waals surface area contributed by atoms with Gasteiger partial charge in [-0.25, -0.2) is 4.79 Å². The maximum atomic E-state index is 13.0. The van der Waals surface area contributed by atoms with E-state index in [1.54, 1.807) is 7.11 Å². The van der Waals surface area contributed by atoms with Gasteiger partial charge in [0.15, 0.2) is 30.2 Å². The minimum absolute atomic E-state index is 0.269. The Kier molecular flexibility index (Phi) is 7.35. The van der Waals surface area contributed by atoms with Crippen LogP contribution in [0, 0.1) is 5.92 Å². The molecule has 3 saturated heterocycles. The second kappa shape index (κ2) is 10.8. The number of rotatable bonds is 7. The number of hydrogen-bond donors (Lipinski definition) is 5. The van der Waals surface area contributed by atoms with E-state index in [9.17, 15) is 30.3 Å². The van der Waals surface area contributed by atoms with Gasteiger partial charge in [-0.2, -0.15) is 0 Å². The first kappa shape index (κ1) is 29.2. The molecule has 43 heavy (non-hydrogen) atoms. The van der Waals surface area contributed by atoms with E-state index in [1.165, 1.54) is 5.56 Å². The van der Waals surface area contributed by atoms with Crippen LogP contribution in [0.3, 0.4) is 0 Å². The van der Waals surface area contributed by atoms with Crippen molar-refractivity contribution in [2.75, 3.05) is 33.9 Å². The quantitative estimate of drug-likeness (QED) is 0.236. The third-order valence-electron chi connectivity index (χ3n) is 10.1. The number of hydrogen-bond acceptors (Lipinski definition) is 14. The molecule has 0 amide bonds. The summed E-state index contributed by atoms with van der Waals surface area (Å²) in [6.07, 6.45) is -8.42. The number of methoxy groups -OCH3 is 1. The molecule has 4 heterocycles. The van der Waals surface area contributed by atoms with Gasteiger partial charge >= 0.3 is 6.16 Å². The lowest BCUT2D eigenvalue weighted by molar-refractivity contribution is -0.215. The maximum absolute atomic E-state index is 13.0. The van der Waals surface area contributed by atoms with Crippen molar-refractivity contribution >= 4 is 6.16 Å². The highest BCUT2D eigenvalue weighted by molar-refractivity contribution is 5.65. The summed E-state index contributed by atoms with van der Waals surface area (Å²) in [7, 11) is 3.75. The van der Waals surface area contributed by atoms with E-state index in [2.05, 4.69) is 18.0 Å². The molecular weight excluding hydrogens is 570 g/mol. The van der Waals surface area contributed by atoms with E-state index in [4.69, 9.17) is 33.2 Å². The molecule has 2 aliphatic carbocycles. The predicted molar refractivity (Wildman–Crippen MR) is 142 cm³/mol. The molecule has 0 aromatic heterocycles. The third kappa shape index (κ3) is 4.38. The Morgan fingerprint density at radius 2 is 1.93 bits per heavy atom. The Balaban J connectivity index is 1.06. The number of nitrogens with zero attached hydrogens (tertiary/aromatic N) is 1. The van der Waals surface area contributed by atoms with Crippen LogP contribution in [0.1, 0.15) is 24.0 Å². The molecular formula is C29H37NO13. The first-order valence-corrected chi connectivity index (χ1v) is 14.6. The molecule has 0 radical (unpaired) electrons. The topological polar surface area (TPSA) is 186 Å². The second-order valence-corrected chi connectivity index (χ2v) is 12.1. The molecule has 3 unspecified atom stereocenters. The van der Waals surface area contributed by atoms with Gasteiger partial charge in [0, 0.05) is 17.0 Å². The largest absolute Gasteiger partial charge is 0.513 e. The molecule has 5 N–H and O–H groups in total. The molecule has 1 spiro atoms. The fourth-order valence-electron chi connectivity index (χ4n) is 7.99. The molecule has 6 aliphatic rings. The van der Waals surface area contributed by atoms with Gasteiger partial charge in [0.1, 0.15) is 49.0 Å². The molecule has 3 fully saturated rings. The minimum atomic E-state index is -1.66. The second-order valence-electron chi connectivity index (χ2n) is 12.1. The van der Waals surface area contributed by atoms with E-state index >= 15 is 0 Å². The number of piperidine rings is 1. The summed E-state index contributed by atoms with van der Waals surface area (Å²) in [5.74, 6) is 1.94. The molecule has 1 aromatic rings. The lowest BCUT2D eigenvalue weighted by Crippen LogP contribution is -2.63. The van der Waals surface area contributed by atoms with Gasteiger partial charge in [-0.3, -0.25) is 0 Å². The Hall–Kier alpha value is -2.53. The van der Waals surface area contributed by atoms with E-state index in [0.717, 1.165) is 24.9 Å². The minimum Gasteiger partial charge on any atom is -0.493 e. The number of ether oxygens (including phenoxy) is 7. The fraction of sp³-hybridized carbons (Fsp3) is 0.690. The lowest BCUT2D eigenvalue weighted by atomic mass is 9.53. The van der Waals surface area contributed by atoms with Gasteiger partial charge in [0.05, 0.1) is 13.7 Å². The summed E-state index contributed by atoms with van der Waals surface area (Å²) in [4.78, 5) is 15.4. The molecule has 236 valence electrons. The number of benzene rings is 1. The van der Waals surface area contributed by atoms with E-state index in [0.29, 0.717) is 29.7 Å². The highest BCUT2D eigenvalue weighted by Crippen LogP contribution is 2.63. The van der Waals surface area contributed by atoms with Gasteiger partial charge in [-0.15, -0.1) is 0 Å². The first-order valence-electron chi connectivity index (χ1n) is 14.6. The molecule has 7 rings (SSSR count). The standard InChI is InChI=1S/C29H37NO13/c1-30-8-7-29-13-4-6-16(25(29)42-23-15(37-2)5-3-12(19(23)29)9-14(13)30)41-28(36)38-11-18-24(22(34)26(35)39-18)43-27-21(33)20(32)17(10-31)40-27/h3,5-6,13-14,17-18,20-22,24-27,31-35H,4,7-11H2,1-2H3/t13?,14-,17-,18-,20+,21+,22-,24+,25?,26+,27?,29+/m1/s1. The zero-order chi connectivity index (χ0) is 30.2. The summed E-state index contributed by atoms with van der Waals surface area (Å²) in [6, 6.07) is 4.34. The van der Waals surface area contributed by atoms with Crippen molar-refractivity contribution in [1.29, 1.82) is 0 Å². The summed E-state index contributed by atoms with van der Waals surface area (Å²) in [5.41, 5.74) is 1.98. The van der Waals surface area contributed by atoms with Gasteiger partial charge in [-0.1, -0.05) is 6.07 Å². The number of carbonyl (C=O) groups is 1. The van der Waals surface area contributed by atoms with Crippen LogP contribution < -0.4 is 9.47 Å². The van der Waals surface area contributed by atoms with E-state index in [-0.39, 0.29) is 11.3 Å². The van der Waals surface area contributed by atoms with E-state index < -0.39 is 74.7 Å². The number of aliphatic hydroxyl groups excluding tert-OH is 5. The van der Waals surface area contributed by atoms with Crippen molar-refractivity contribution in [3.8, 4) is 11.5 Å². The number of carbonyl (C=O) groups excluding carboxylic acids is 1. The van der Waals surface area contributed by atoms with Crippen LogP contribution in [0.15, 0.2) is 24.0 Å². The molecule has 1 aromatic carbocycles. The molecule has 2 bridgehead atoms. The molecule has 0 saturated carbocycles. The summed E-state index contributed by atoms with van der Waals surface area (Å²) >= 11 is 0. The zero-order valence-electron chi connectivity index (χ0n) is 23.8. The van der Waals surface area contributed by atoms with Gasteiger partial charge in [-0.05, 0) is 56.5 Å². The number of allylic oxidation sites excluding steroid dienone is 1. The van der Waals surface area contributed by atoms with Crippen molar-refractivity contribution in [1.82, 2.24) is 4.90 Å². The number of likely N-dealkylation sites (tertiary alicyclic amines) is 1. The van der Waals surface area contributed by atoms with Crippen LogP contribution in [0.4, 0.5) is 4.79 Å². The Bertz CT molecular complexity index is 1290. The predicted octanol–water partition coefficient (Wildman–Crippen LogP) is -1.09. The van der Waals surface area contributed by atoms with Gasteiger partial charge < -0.3 is 63.6 Å². The van der Waals surface area contributed by atoms with Crippen molar-refractivity contribution < 1.29 is 63.5 Å². The average molecular weight is 608 g/mol. The molecule has 4 aliphatic heterocycles. The summed E-state index contributed by atoms with van der Waals surface area (Å²) in [5, 5.41) is 50.0. The molecule has 14 nitrogen and oxygen atoms in total. The van der Waals surface area contributed by atoms with Gasteiger partial charge in [0.2, 0.25) is 0 Å². The Morgan fingerprint density at radius 1 is 1.12 bits per heavy atom. The van der Waals surface area contributed by atoms with Gasteiger partial charge in [0.25, 0.3) is 0 Å². The Morgan fingerprint density at radius 3 is 2.67 bits per heavy atom. The molecule has 12 atom stereocenters. The lowest BCUT2D eigenvalue weighted by Gasteiger charge is -2.56. The maximum Gasteiger partial charge on any atom is 0.513 e. The van der Waals surface area contributed by atoms with Crippen LogP contribution in [0.2, 0.25) is 0 Å². The van der Waals surface area contributed by atoms with Crippen molar-refractivity contribution in [2.45, 2.75) is 86.0 Å². The summed E-state index contributed by atoms with van der Waals surface area (Å²) in [6.45, 7) is -0.165. The van der Waals surface area contributed by atoms with Crippen LogP contribution in [0.25, 0.3) is 0 Å². The van der Waals surface area contributed by atoms with Crippen LogP contribution >= 0.6 is 0 Å². The van der Waals surface area contributed by atoms with Crippen LogP contribution in [0.5, 0.6) is 11.5 Å².